The molecule has 3 N–H and O–H groups in total. The minimum Gasteiger partial charge on any atom is -0.368 e. The summed E-state index contributed by atoms with van der Waals surface area (Å²) in [6.07, 6.45) is 5.92. The third kappa shape index (κ3) is 3.35. The number of hydrogen-bond donors (Lipinski definition) is 2. The van der Waals surface area contributed by atoms with Crippen LogP contribution >= 0.6 is 0 Å². The van der Waals surface area contributed by atoms with Crippen LogP contribution in [0.25, 0.3) is 0 Å². The molecule has 3 nitrogen and oxygen atoms in total. The van der Waals surface area contributed by atoms with Crippen molar-refractivity contribution in [2.45, 2.75) is 45.1 Å². The maximum Gasteiger partial charge on any atom is 0.234 e. The van der Waals surface area contributed by atoms with Crippen molar-refractivity contribution in [3.8, 4) is 0 Å². The van der Waals surface area contributed by atoms with E-state index < -0.39 is 0 Å². The van der Waals surface area contributed by atoms with Crippen LogP contribution in [0.2, 0.25) is 0 Å². The first-order valence-corrected chi connectivity index (χ1v) is 5.26. The summed E-state index contributed by atoms with van der Waals surface area (Å²) in [6.45, 7) is 3.18. The van der Waals surface area contributed by atoms with Gasteiger partial charge >= 0.3 is 0 Å². The number of unbranched alkanes of at least 4 members (excludes halogenated alkanes) is 1. The van der Waals surface area contributed by atoms with Gasteiger partial charge < -0.3 is 11.1 Å². The molecule has 0 spiro atoms. The predicted molar refractivity (Wildman–Crippen MR) is 53.2 cm³/mol. The maximum atomic E-state index is 10.8. The molecule has 0 bridgehead atoms. The quantitative estimate of drug-likeness (QED) is 0.685. The van der Waals surface area contributed by atoms with Gasteiger partial charge in [-0.3, -0.25) is 4.79 Å². The second-order valence-corrected chi connectivity index (χ2v) is 3.95. The molecule has 0 saturated carbocycles. The van der Waals surface area contributed by atoms with E-state index in [0.29, 0.717) is 0 Å². The summed E-state index contributed by atoms with van der Waals surface area (Å²) in [6, 6.07) is -0.0714. The summed E-state index contributed by atoms with van der Waals surface area (Å²) >= 11 is 0. The number of piperidine rings is 1. The highest BCUT2D eigenvalue weighted by molar-refractivity contribution is 5.79. The van der Waals surface area contributed by atoms with E-state index in [1.54, 1.807) is 0 Å². The lowest BCUT2D eigenvalue weighted by Crippen LogP contribution is -2.46. The van der Waals surface area contributed by atoms with Crippen LogP contribution in [0.5, 0.6) is 0 Å². The lowest BCUT2D eigenvalue weighted by atomic mass is 9.90. The first-order valence-electron chi connectivity index (χ1n) is 5.26. The van der Waals surface area contributed by atoms with Crippen LogP contribution in [0.1, 0.15) is 39.0 Å². The molecule has 1 fully saturated rings. The van der Waals surface area contributed by atoms with Crippen molar-refractivity contribution < 1.29 is 4.79 Å². The number of nitrogens with one attached hydrogen (secondary N) is 1. The van der Waals surface area contributed by atoms with Crippen molar-refractivity contribution in [1.29, 1.82) is 0 Å². The molecule has 0 aromatic carbocycles. The number of primary amides is 1. The number of nitrogens with two attached hydrogens (primary N) is 1. The highest BCUT2D eigenvalue weighted by atomic mass is 16.1. The molecule has 76 valence electrons. The zero-order chi connectivity index (χ0) is 9.68. The van der Waals surface area contributed by atoms with Gasteiger partial charge in [-0.25, -0.2) is 0 Å². The molecule has 1 rings (SSSR count). The molecule has 1 saturated heterocycles. The zero-order valence-electron chi connectivity index (χ0n) is 8.38. The van der Waals surface area contributed by atoms with Crippen molar-refractivity contribution in [3.63, 3.8) is 0 Å². The van der Waals surface area contributed by atoms with Crippen molar-refractivity contribution >= 4 is 5.91 Å². The Morgan fingerprint density at radius 3 is 2.77 bits per heavy atom. The Balaban J connectivity index is 2.18. The molecule has 2 atom stereocenters. The molecule has 0 aromatic heterocycles. The Kier molecular flexibility index (Phi) is 4.22. The summed E-state index contributed by atoms with van der Waals surface area (Å²) in [5, 5.41) is 3.20. The van der Waals surface area contributed by atoms with E-state index in [1.807, 2.05) is 0 Å². The monoisotopic (exact) mass is 184 g/mol. The van der Waals surface area contributed by atoms with Crippen LogP contribution in [0.15, 0.2) is 0 Å². The fourth-order valence-corrected chi connectivity index (χ4v) is 1.90. The summed E-state index contributed by atoms with van der Waals surface area (Å²) < 4.78 is 0. The molecule has 13 heavy (non-hydrogen) atoms. The van der Waals surface area contributed by atoms with E-state index in [4.69, 9.17) is 5.73 Å². The molecule has 0 aromatic rings. The highest BCUT2D eigenvalue weighted by Crippen LogP contribution is 2.19. The molecule has 0 radical (unpaired) electrons. The molecule has 1 heterocycles. The van der Waals surface area contributed by atoms with Gasteiger partial charge in [-0.15, -0.1) is 0 Å². The van der Waals surface area contributed by atoms with Crippen molar-refractivity contribution in [2.24, 2.45) is 11.7 Å². The van der Waals surface area contributed by atoms with E-state index >= 15 is 0 Å². The molecule has 2 unspecified atom stereocenters. The molecule has 1 aliphatic heterocycles. The lowest BCUT2D eigenvalue weighted by Gasteiger charge is -2.27. The Labute approximate surface area is 80.1 Å². The zero-order valence-corrected chi connectivity index (χ0v) is 8.38. The maximum absolute atomic E-state index is 10.8. The fourth-order valence-electron chi connectivity index (χ4n) is 1.90. The molecule has 3 heteroatoms. The van der Waals surface area contributed by atoms with Gasteiger partial charge in [0.15, 0.2) is 0 Å². The summed E-state index contributed by atoms with van der Waals surface area (Å²) in [5.41, 5.74) is 5.21. The van der Waals surface area contributed by atoms with Gasteiger partial charge in [0.25, 0.3) is 0 Å². The van der Waals surface area contributed by atoms with Crippen molar-refractivity contribution in [3.05, 3.63) is 0 Å². The minimum absolute atomic E-state index is 0.0714. The smallest absolute Gasteiger partial charge is 0.234 e. The Morgan fingerprint density at radius 1 is 1.54 bits per heavy atom. The fraction of sp³-hybridized carbons (Fsp3) is 0.900. The number of carbonyl (C=O) groups is 1. The van der Waals surface area contributed by atoms with Gasteiger partial charge in [0, 0.05) is 0 Å². The van der Waals surface area contributed by atoms with Crippen LogP contribution in [-0.4, -0.2) is 18.5 Å². The second kappa shape index (κ2) is 5.22. The third-order valence-electron chi connectivity index (χ3n) is 2.83. The van der Waals surface area contributed by atoms with Gasteiger partial charge in [0.1, 0.15) is 0 Å². The largest absolute Gasteiger partial charge is 0.368 e. The predicted octanol–water partition coefficient (Wildman–Crippen LogP) is 1.03. The van der Waals surface area contributed by atoms with E-state index in [0.717, 1.165) is 25.3 Å². The highest BCUT2D eigenvalue weighted by Gasteiger charge is 2.23. The number of carbonyl (C=O) groups excluding carboxylic acids is 1. The summed E-state index contributed by atoms with van der Waals surface area (Å²) in [7, 11) is 0. The molecule has 1 amide bonds. The average Bonchev–Trinajstić information content (AvgIpc) is 2.15. The van der Waals surface area contributed by atoms with Crippen LogP contribution in [0.4, 0.5) is 0 Å². The van der Waals surface area contributed by atoms with Gasteiger partial charge in [-0.2, -0.15) is 0 Å². The van der Waals surface area contributed by atoms with Gasteiger partial charge in [-0.1, -0.05) is 19.8 Å². The average molecular weight is 184 g/mol. The SMILES string of the molecule is CCCCC1CCC(C(N)=O)NC1. The summed E-state index contributed by atoms with van der Waals surface area (Å²) in [4.78, 5) is 10.8. The molecule has 1 aliphatic rings. The molecular formula is C10H20N2O. The number of rotatable bonds is 4. The van der Waals surface area contributed by atoms with Gasteiger partial charge in [0.05, 0.1) is 6.04 Å². The minimum atomic E-state index is -0.200. The molecule has 0 aliphatic carbocycles. The normalized spacial score (nSPS) is 28.7. The van der Waals surface area contributed by atoms with Crippen LogP contribution in [0, 0.1) is 5.92 Å². The Morgan fingerprint density at radius 2 is 2.31 bits per heavy atom. The van der Waals surface area contributed by atoms with Gasteiger partial charge in [0.2, 0.25) is 5.91 Å². The van der Waals surface area contributed by atoms with E-state index in [2.05, 4.69) is 12.2 Å². The first-order chi connectivity index (χ1) is 6.24. The Hall–Kier alpha value is -0.570. The van der Waals surface area contributed by atoms with E-state index in [1.165, 1.54) is 19.3 Å². The number of amides is 1. The standard InChI is InChI=1S/C10H20N2O/c1-2-3-4-8-5-6-9(10(11)13)12-7-8/h8-9,12H,2-7H2,1H3,(H2,11,13). The van der Waals surface area contributed by atoms with E-state index in [-0.39, 0.29) is 11.9 Å². The summed E-state index contributed by atoms with van der Waals surface area (Å²) in [5.74, 6) is 0.560. The van der Waals surface area contributed by atoms with Crippen LogP contribution < -0.4 is 11.1 Å². The van der Waals surface area contributed by atoms with Crippen LogP contribution in [-0.2, 0) is 4.79 Å². The number of hydrogen-bond acceptors (Lipinski definition) is 2. The first kappa shape index (κ1) is 10.5. The topological polar surface area (TPSA) is 55.1 Å². The Bertz CT molecular complexity index is 162. The van der Waals surface area contributed by atoms with Gasteiger partial charge in [-0.05, 0) is 31.7 Å². The van der Waals surface area contributed by atoms with Crippen LogP contribution in [0.3, 0.4) is 0 Å². The molecular weight excluding hydrogens is 164 g/mol. The van der Waals surface area contributed by atoms with Crippen molar-refractivity contribution in [2.75, 3.05) is 6.54 Å². The van der Waals surface area contributed by atoms with E-state index in [9.17, 15) is 4.79 Å². The lowest BCUT2D eigenvalue weighted by molar-refractivity contribution is -0.120. The third-order valence-corrected chi connectivity index (χ3v) is 2.83. The second-order valence-electron chi connectivity index (χ2n) is 3.95. The van der Waals surface area contributed by atoms with Crippen molar-refractivity contribution in [1.82, 2.24) is 5.32 Å².